The Morgan fingerprint density at radius 1 is 1.40 bits per heavy atom. The average molecular weight is 343 g/mol. The first-order valence-corrected chi connectivity index (χ1v) is 7.83. The molecule has 0 aromatic heterocycles. The number of halogens is 2. The van der Waals surface area contributed by atoms with Crippen molar-refractivity contribution in [2.45, 2.75) is 44.7 Å². The molecule has 0 radical (unpaired) electrons. The number of nitrogens with zero attached hydrogens (tertiary/aromatic N) is 1. The zero-order valence-electron chi connectivity index (χ0n) is 11.6. The first kappa shape index (κ1) is 15.4. The molecule has 0 spiro atoms. The van der Waals surface area contributed by atoms with Crippen molar-refractivity contribution < 1.29 is 9.18 Å². The van der Waals surface area contributed by atoms with Gasteiger partial charge in [-0.3, -0.25) is 4.79 Å². The standard InChI is InChI=1S/C15H20BrFN2O/c1-2-19(12-6-4-11(18)5-7-12)15(20)13-8-3-10(16)9-14(13)17/h3,8-9,11-12H,2,4-7,18H2,1H3. The summed E-state index contributed by atoms with van der Waals surface area (Å²) in [5.41, 5.74) is 6.04. The molecule has 1 fully saturated rings. The van der Waals surface area contributed by atoms with E-state index in [1.165, 1.54) is 6.07 Å². The second-order valence-electron chi connectivity index (χ2n) is 5.28. The van der Waals surface area contributed by atoms with Gasteiger partial charge in [0.15, 0.2) is 0 Å². The highest BCUT2D eigenvalue weighted by Gasteiger charge is 2.28. The van der Waals surface area contributed by atoms with Crippen LogP contribution in [0.15, 0.2) is 22.7 Å². The van der Waals surface area contributed by atoms with Crippen molar-refractivity contribution in [3.63, 3.8) is 0 Å². The van der Waals surface area contributed by atoms with Gasteiger partial charge in [-0.15, -0.1) is 0 Å². The van der Waals surface area contributed by atoms with E-state index < -0.39 is 5.82 Å². The second-order valence-corrected chi connectivity index (χ2v) is 6.20. The van der Waals surface area contributed by atoms with Crippen molar-refractivity contribution in [1.29, 1.82) is 0 Å². The van der Waals surface area contributed by atoms with Crippen LogP contribution in [0.1, 0.15) is 43.0 Å². The van der Waals surface area contributed by atoms with Crippen molar-refractivity contribution in [2.75, 3.05) is 6.54 Å². The highest BCUT2D eigenvalue weighted by molar-refractivity contribution is 9.10. The van der Waals surface area contributed by atoms with Crippen LogP contribution >= 0.6 is 15.9 Å². The SMILES string of the molecule is CCN(C(=O)c1ccc(Br)cc1F)C1CCC(N)CC1. The van der Waals surface area contributed by atoms with Crippen molar-refractivity contribution in [2.24, 2.45) is 5.73 Å². The Kier molecular flexibility index (Phi) is 5.16. The Balaban J connectivity index is 2.16. The molecule has 1 aromatic rings. The zero-order chi connectivity index (χ0) is 14.7. The fourth-order valence-corrected chi connectivity index (χ4v) is 3.13. The molecule has 0 atom stereocenters. The van der Waals surface area contributed by atoms with Gasteiger partial charge in [0, 0.05) is 23.1 Å². The maximum atomic E-state index is 13.9. The molecule has 0 bridgehead atoms. The summed E-state index contributed by atoms with van der Waals surface area (Å²) >= 11 is 3.20. The topological polar surface area (TPSA) is 46.3 Å². The van der Waals surface area contributed by atoms with Crippen molar-refractivity contribution >= 4 is 21.8 Å². The van der Waals surface area contributed by atoms with E-state index in [4.69, 9.17) is 5.73 Å². The number of benzene rings is 1. The predicted molar refractivity (Wildman–Crippen MR) is 81.0 cm³/mol. The normalized spacial score (nSPS) is 22.6. The minimum Gasteiger partial charge on any atom is -0.336 e. The minimum atomic E-state index is -0.477. The summed E-state index contributed by atoms with van der Waals surface area (Å²) in [5.74, 6) is -0.701. The Bertz CT molecular complexity index is 487. The van der Waals surface area contributed by atoms with Gasteiger partial charge in [-0.2, -0.15) is 0 Å². The largest absolute Gasteiger partial charge is 0.336 e. The summed E-state index contributed by atoms with van der Waals surface area (Å²) in [7, 11) is 0. The van der Waals surface area contributed by atoms with E-state index in [0.717, 1.165) is 25.7 Å². The summed E-state index contributed by atoms with van der Waals surface area (Å²) in [6.07, 6.45) is 3.66. The Hall–Kier alpha value is -0.940. The molecule has 0 aliphatic heterocycles. The number of amides is 1. The van der Waals surface area contributed by atoms with Gasteiger partial charge in [0.2, 0.25) is 0 Å². The molecule has 0 unspecified atom stereocenters. The Morgan fingerprint density at radius 2 is 2.05 bits per heavy atom. The summed E-state index contributed by atoms with van der Waals surface area (Å²) < 4.78 is 14.6. The summed E-state index contributed by atoms with van der Waals surface area (Å²) in [4.78, 5) is 14.3. The highest BCUT2D eigenvalue weighted by Crippen LogP contribution is 2.25. The molecule has 1 aliphatic carbocycles. The second kappa shape index (κ2) is 6.68. The molecule has 110 valence electrons. The average Bonchev–Trinajstić information content (AvgIpc) is 2.41. The van der Waals surface area contributed by atoms with Gasteiger partial charge >= 0.3 is 0 Å². The molecule has 2 rings (SSSR count). The lowest BCUT2D eigenvalue weighted by Gasteiger charge is -2.35. The molecule has 1 saturated carbocycles. The summed E-state index contributed by atoms with van der Waals surface area (Å²) in [6.45, 7) is 2.53. The van der Waals surface area contributed by atoms with E-state index in [2.05, 4.69) is 15.9 Å². The van der Waals surface area contributed by atoms with Gasteiger partial charge in [-0.05, 0) is 50.8 Å². The van der Waals surface area contributed by atoms with Crippen LogP contribution in [-0.2, 0) is 0 Å². The molecule has 1 amide bonds. The lowest BCUT2D eigenvalue weighted by molar-refractivity contribution is 0.0636. The number of rotatable bonds is 3. The van der Waals surface area contributed by atoms with E-state index in [1.807, 2.05) is 6.92 Å². The molecule has 5 heteroatoms. The predicted octanol–water partition coefficient (Wildman–Crippen LogP) is 3.32. The van der Waals surface area contributed by atoms with E-state index >= 15 is 0 Å². The van der Waals surface area contributed by atoms with Gasteiger partial charge in [0.05, 0.1) is 5.56 Å². The highest BCUT2D eigenvalue weighted by atomic mass is 79.9. The molecule has 0 saturated heterocycles. The Morgan fingerprint density at radius 3 is 2.60 bits per heavy atom. The number of carbonyl (C=O) groups excluding carboxylic acids is 1. The van der Waals surface area contributed by atoms with Crippen LogP contribution in [0.3, 0.4) is 0 Å². The fourth-order valence-electron chi connectivity index (χ4n) is 2.80. The molecule has 1 aromatic carbocycles. The van der Waals surface area contributed by atoms with Crippen LogP contribution in [0, 0.1) is 5.82 Å². The molecule has 20 heavy (non-hydrogen) atoms. The first-order valence-electron chi connectivity index (χ1n) is 7.04. The maximum absolute atomic E-state index is 13.9. The lowest BCUT2D eigenvalue weighted by atomic mass is 9.90. The third-order valence-corrected chi connectivity index (χ3v) is 4.44. The van der Waals surface area contributed by atoms with Crippen LogP contribution < -0.4 is 5.73 Å². The van der Waals surface area contributed by atoms with Crippen molar-refractivity contribution in [3.8, 4) is 0 Å². The van der Waals surface area contributed by atoms with Gasteiger partial charge < -0.3 is 10.6 Å². The zero-order valence-corrected chi connectivity index (χ0v) is 13.2. The van der Waals surface area contributed by atoms with Crippen LogP contribution in [0.5, 0.6) is 0 Å². The maximum Gasteiger partial charge on any atom is 0.257 e. The quantitative estimate of drug-likeness (QED) is 0.915. The number of carbonyl (C=O) groups is 1. The third kappa shape index (κ3) is 3.38. The third-order valence-electron chi connectivity index (χ3n) is 3.95. The van der Waals surface area contributed by atoms with Crippen LogP contribution in [-0.4, -0.2) is 29.4 Å². The van der Waals surface area contributed by atoms with Crippen LogP contribution in [0.4, 0.5) is 4.39 Å². The van der Waals surface area contributed by atoms with Crippen molar-refractivity contribution in [3.05, 3.63) is 34.1 Å². The summed E-state index contributed by atoms with van der Waals surface area (Å²) in [5, 5.41) is 0. The molecule has 1 aliphatic rings. The van der Waals surface area contributed by atoms with Gasteiger partial charge in [0.25, 0.3) is 5.91 Å². The lowest BCUT2D eigenvalue weighted by Crippen LogP contribution is -2.44. The number of hydrogen-bond donors (Lipinski definition) is 1. The van der Waals surface area contributed by atoms with Gasteiger partial charge in [-0.25, -0.2) is 4.39 Å². The van der Waals surface area contributed by atoms with Gasteiger partial charge in [0.1, 0.15) is 5.82 Å². The monoisotopic (exact) mass is 342 g/mol. The fraction of sp³-hybridized carbons (Fsp3) is 0.533. The number of hydrogen-bond acceptors (Lipinski definition) is 2. The smallest absolute Gasteiger partial charge is 0.257 e. The summed E-state index contributed by atoms with van der Waals surface area (Å²) in [6, 6.07) is 4.98. The molecular weight excluding hydrogens is 323 g/mol. The van der Waals surface area contributed by atoms with E-state index in [-0.39, 0.29) is 23.6 Å². The minimum absolute atomic E-state index is 0.143. The van der Waals surface area contributed by atoms with E-state index in [1.54, 1.807) is 17.0 Å². The first-order chi connectivity index (χ1) is 9.52. The van der Waals surface area contributed by atoms with E-state index in [9.17, 15) is 9.18 Å². The van der Waals surface area contributed by atoms with E-state index in [0.29, 0.717) is 11.0 Å². The van der Waals surface area contributed by atoms with Crippen LogP contribution in [0.2, 0.25) is 0 Å². The number of nitrogens with two attached hydrogens (primary N) is 1. The molecule has 0 heterocycles. The molecule has 2 N–H and O–H groups in total. The van der Waals surface area contributed by atoms with Gasteiger partial charge in [-0.1, -0.05) is 15.9 Å². The Labute approximate surface area is 127 Å². The van der Waals surface area contributed by atoms with Crippen molar-refractivity contribution in [1.82, 2.24) is 4.90 Å². The van der Waals surface area contributed by atoms with Crippen LogP contribution in [0.25, 0.3) is 0 Å². The molecular formula is C15H20BrFN2O. The molecule has 3 nitrogen and oxygen atoms in total.